The summed E-state index contributed by atoms with van der Waals surface area (Å²) >= 11 is 0. The third-order valence-electron chi connectivity index (χ3n) is 3.06. The Hall–Kier alpha value is -1.47. The van der Waals surface area contributed by atoms with Crippen LogP contribution in [0.2, 0.25) is 0 Å². The molecule has 0 aliphatic carbocycles. The van der Waals surface area contributed by atoms with Crippen molar-refractivity contribution in [2.75, 3.05) is 6.61 Å². The highest BCUT2D eigenvalue weighted by atomic mass is 31.3. The van der Waals surface area contributed by atoms with Gasteiger partial charge in [0.25, 0.3) is 13.4 Å². The Kier molecular flexibility index (Phi) is 6.98. The molecule has 144 valence electrons. The lowest BCUT2D eigenvalue weighted by Crippen LogP contribution is -2.37. The number of phosphoric ester groups is 1. The number of nitrogens with zero attached hydrogens (tertiary/aromatic N) is 2. The fraction of sp³-hybridized carbons (Fsp3) is 0.556. The molecule has 2 heterocycles. The maximum absolute atomic E-state index is 11.6. The van der Waals surface area contributed by atoms with Gasteiger partial charge in [-0.3, -0.25) is 23.2 Å². The molecule has 5 atom stereocenters. The minimum Gasteiger partial charge on any atom is -0.790 e. The van der Waals surface area contributed by atoms with E-state index in [1.165, 1.54) is 0 Å². The number of H-pyrrole nitrogens is 1. The molecule has 15 nitrogen and oxygen atoms in total. The lowest BCUT2D eigenvalue weighted by Gasteiger charge is -2.35. The summed E-state index contributed by atoms with van der Waals surface area (Å²) in [4.78, 5) is 56.2. The molecule has 1 aliphatic heterocycles. The number of phosphoric acid groups is 2. The van der Waals surface area contributed by atoms with Gasteiger partial charge >= 0.3 is 11.8 Å². The molecule has 1 aromatic heterocycles. The lowest BCUT2D eigenvalue weighted by atomic mass is 10.1. The number of hydrogen-bond acceptors (Lipinski definition) is 12. The molecular weight excluding hydrogens is 404 g/mol. The second-order valence-corrected chi connectivity index (χ2v) is 7.54. The summed E-state index contributed by atoms with van der Waals surface area (Å²) in [7, 11) is -11.4. The van der Waals surface area contributed by atoms with E-state index in [1.807, 2.05) is 4.98 Å². The first-order valence-electron chi connectivity index (χ1n) is 6.42. The smallest absolute Gasteiger partial charge is 0.790 e. The van der Waals surface area contributed by atoms with Crippen LogP contribution < -0.4 is 32.1 Å². The Morgan fingerprint density at radius 2 is 1.85 bits per heavy atom. The average molecular weight is 415 g/mol. The van der Waals surface area contributed by atoms with Gasteiger partial charge in [0.2, 0.25) is 0 Å². The SMILES string of the molecule is O=c1ccn([C@@H]2O[C@H](COP(=O)([O-])OP(=O)([O-])[O-])[C@@H](O)[C@H]2O)c(=O)[nH]1.[N+3]. The van der Waals surface area contributed by atoms with E-state index in [4.69, 9.17) is 4.74 Å². The zero-order valence-electron chi connectivity index (χ0n) is 12.4. The number of ether oxygens (including phenoxy) is 1. The first-order valence-corrected chi connectivity index (χ1v) is 9.34. The van der Waals surface area contributed by atoms with E-state index >= 15 is 0 Å². The predicted octanol–water partition coefficient (Wildman–Crippen LogP) is -4.99. The Morgan fingerprint density at radius 3 is 2.38 bits per heavy atom. The van der Waals surface area contributed by atoms with Crippen LogP contribution in [0, 0.1) is 0 Å². The van der Waals surface area contributed by atoms with Crippen LogP contribution in [0.1, 0.15) is 6.23 Å². The number of aliphatic hydroxyl groups excluding tert-OH is 2. The summed E-state index contributed by atoms with van der Waals surface area (Å²) in [6.07, 6.45) is -5.51. The molecule has 26 heavy (non-hydrogen) atoms. The van der Waals surface area contributed by atoms with Crippen LogP contribution in [-0.4, -0.2) is 44.7 Å². The van der Waals surface area contributed by atoms with Gasteiger partial charge in [-0.15, -0.1) is 0 Å². The fourth-order valence-corrected chi connectivity index (χ4v) is 3.53. The number of rotatable bonds is 6. The van der Waals surface area contributed by atoms with Gasteiger partial charge in [-0.2, -0.15) is 0 Å². The summed E-state index contributed by atoms with van der Waals surface area (Å²) in [5, 5.41) is 19.7. The molecular formula is C9H11N3O12P2. The number of aromatic amines is 1. The molecule has 0 amide bonds. The van der Waals surface area contributed by atoms with Crippen LogP contribution in [0.3, 0.4) is 0 Å². The second-order valence-electron chi connectivity index (χ2n) is 4.84. The maximum atomic E-state index is 11.6. The van der Waals surface area contributed by atoms with Crippen molar-refractivity contribution in [1.29, 1.82) is 0 Å². The van der Waals surface area contributed by atoms with Crippen molar-refractivity contribution in [2.24, 2.45) is 0 Å². The minimum atomic E-state index is -5.88. The second kappa shape index (κ2) is 8.05. The highest BCUT2D eigenvalue weighted by molar-refractivity contribution is 7.58. The third-order valence-corrected chi connectivity index (χ3v) is 5.12. The lowest BCUT2D eigenvalue weighted by molar-refractivity contribution is -0.339. The van der Waals surface area contributed by atoms with E-state index in [0.717, 1.165) is 16.8 Å². The maximum Gasteiger partial charge on any atom is 3.00 e. The molecule has 1 aliphatic rings. The summed E-state index contributed by atoms with van der Waals surface area (Å²) in [5.74, 6) is 0. The van der Waals surface area contributed by atoms with Crippen molar-refractivity contribution < 1.29 is 47.6 Å². The van der Waals surface area contributed by atoms with Crippen molar-refractivity contribution in [2.45, 2.75) is 24.5 Å². The highest BCUT2D eigenvalue weighted by Gasteiger charge is 3.00. The Morgan fingerprint density at radius 1 is 1.23 bits per heavy atom. The van der Waals surface area contributed by atoms with Gasteiger partial charge in [-0.1, -0.05) is 0 Å². The predicted molar refractivity (Wildman–Crippen MR) is 71.6 cm³/mol. The van der Waals surface area contributed by atoms with E-state index in [2.05, 4.69) is 8.83 Å². The molecule has 2 radical (unpaired) electrons. The van der Waals surface area contributed by atoms with E-state index < -0.39 is 58.0 Å². The van der Waals surface area contributed by atoms with E-state index in [-0.39, 0.29) is 6.15 Å². The zero-order chi connectivity index (χ0) is 19.0. The van der Waals surface area contributed by atoms with Gasteiger partial charge in [0.15, 0.2) is 6.23 Å². The van der Waals surface area contributed by atoms with Crippen LogP contribution in [0.5, 0.6) is 0 Å². The summed E-state index contributed by atoms with van der Waals surface area (Å²) < 4.78 is 34.6. The van der Waals surface area contributed by atoms with Gasteiger partial charge in [0.05, 0.1) is 14.4 Å². The molecule has 3 N–H and O–H groups in total. The quantitative estimate of drug-likeness (QED) is 0.369. The van der Waals surface area contributed by atoms with Crippen molar-refractivity contribution in [3.63, 3.8) is 0 Å². The van der Waals surface area contributed by atoms with Gasteiger partial charge in [-0.05, 0) is 0 Å². The Bertz CT molecular complexity index is 832. The number of aromatic nitrogens is 2. The molecule has 0 spiro atoms. The fourth-order valence-electron chi connectivity index (χ4n) is 2.04. The molecule has 2 rings (SSSR count). The molecule has 1 saturated heterocycles. The largest absolute Gasteiger partial charge is 3.00 e. The van der Waals surface area contributed by atoms with Crippen LogP contribution in [0.4, 0.5) is 0 Å². The summed E-state index contributed by atoms with van der Waals surface area (Å²) in [6, 6.07) is 0.938. The van der Waals surface area contributed by atoms with E-state index in [9.17, 15) is 43.6 Å². The normalized spacial score (nSPS) is 28.3. The van der Waals surface area contributed by atoms with Crippen molar-refractivity contribution in [1.82, 2.24) is 15.7 Å². The van der Waals surface area contributed by atoms with Gasteiger partial charge in [0.1, 0.15) is 18.3 Å². The summed E-state index contributed by atoms with van der Waals surface area (Å²) in [5.41, 5.74) is -1.69. The highest BCUT2D eigenvalue weighted by Crippen LogP contribution is 2.50. The average Bonchev–Trinajstić information content (AvgIpc) is 2.71. The summed E-state index contributed by atoms with van der Waals surface area (Å²) in [6.45, 7) is -1.02. The van der Waals surface area contributed by atoms with Crippen LogP contribution >= 0.6 is 15.6 Å². The first kappa shape index (κ1) is 22.6. The molecule has 0 bridgehead atoms. The van der Waals surface area contributed by atoms with Crippen molar-refractivity contribution in [3.05, 3.63) is 33.1 Å². The number of hydrogen-bond donors (Lipinski definition) is 3. The van der Waals surface area contributed by atoms with Gasteiger partial charge in [0, 0.05) is 12.3 Å². The zero-order valence-corrected chi connectivity index (χ0v) is 14.2. The standard InChI is InChI=1S/C9H14N2O12P2.N/c12-5-1-2-11(9(15)10-5)8-7(14)6(13)4(22-8)3-21-25(19,20)23-24(16,17)18;/h1-2,4,6-8,13-14H,3H2,(H,19,20)(H,10,12,15)(H2,16,17,18);/q;+3/p-3/t4-,6-,7-,8-;/m1./s1. The van der Waals surface area contributed by atoms with Crippen molar-refractivity contribution >= 4 is 15.6 Å². The van der Waals surface area contributed by atoms with E-state index in [1.54, 1.807) is 0 Å². The van der Waals surface area contributed by atoms with Crippen LogP contribution in [0.25, 0.3) is 0 Å². The molecule has 17 heteroatoms. The third kappa shape index (κ3) is 5.51. The molecule has 0 saturated carbocycles. The minimum absolute atomic E-state index is 0. The number of aliphatic hydroxyl groups is 2. The van der Waals surface area contributed by atoms with Crippen LogP contribution in [-0.2, 0) is 22.7 Å². The monoisotopic (exact) mass is 415 g/mol. The number of nitrogens with one attached hydrogen (secondary N) is 1. The molecule has 1 unspecified atom stereocenters. The van der Waals surface area contributed by atoms with Crippen LogP contribution in [0.15, 0.2) is 21.9 Å². The van der Waals surface area contributed by atoms with Crippen molar-refractivity contribution in [3.8, 4) is 0 Å². The molecule has 1 fully saturated rings. The Balaban J connectivity index is 0.00000338. The van der Waals surface area contributed by atoms with E-state index in [0.29, 0.717) is 0 Å². The van der Waals surface area contributed by atoms with Gasteiger partial charge in [-0.25, -0.2) is 4.79 Å². The molecule has 0 aromatic carbocycles. The van der Waals surface area contributed by atoms with Gasteiger partial charge < -0.3 is 38.7 Å². The molecule has 1 aromatic rings. The Labute approximate surface area is 144 Å². The topological polar surface area (TPSA) is 257 Å². The first-order chi connectivity index (χ1) is 11.4.